The molecule has 0 radical (unpaired) electrons. The SMILES string of the molecule is COc1cc(C)c(-c2c(Br)nc(CCN)n2C)cc1C. The van der Waals surface area contributed by atoms with E-state index >= 15 is 0 Å². The van der Waals surface area contributed by atoms with Gasteiger partial charge in [-0.25, -0.2) is 4.98 Å². The van der Waals surface area contributed by atoms with Crippen LogP contribution in [0.2, 0.25) is 0 Å². The lowest BCUT2D eigenvalue weighted by atomic mass is 10.0. The van der Waals surface area contributed by atoms with E-state index in [0.717, 1.165) is 45.0 Å². The van der Waals surface area contributed by atoms with Crippen molar-refractivity contribution in [1.82, 2.24) is 9.55 Å². The van der Waals surface area contributed by atoms with Gasteiger partial charge in [0.05, 0.1) is 12.8 Å². The predicted octanol–water partition coefficient (Wildman–Crippen LogP) is 2.98. The number of nitrogens with zero attached hydrogens (tertiary/aromatic N) is 2. The Morgan fingerprint density at radius 3 is 2.60 bits per heavy atom. The van der Waals surface area contributed by atoms with Gasteiger partial charge in [0, 0.05) is 19.0 Å². The standard InChI is InChI=1S/C15H20BrN3O/c1-9-8-12(20-4)10(2)7-11(9)14-15(16)18-13(5-6-17)19(14)3/h7-8H,5-6,17H2,1-4H3. The summed E-state index contributed by atoms with van der Waals surface area (Å²) < 4.78 is 8.33. The van der Waals surface area contributed by atoms with Crippen molar-refractivity contribution in [3.8, 4) is 17.0 Å². The Kier molecular flexibility index (Phi) is 4.50. The molecule has 20 heavy (non-hydrogen) atoms. The fraction of sp³-hybridized carbons (Fsp3) is 0.400. The lowest BCUT2D eigenvalue weighted by molar-refractivity contribution is 0.411. The van der Waals surface area contributed by atoms with Crippen molar-refractivity contribution in [2.24, 2.45) is 12.8 Å². The molecule has 108 valence electrons. The van der Waals surface area contributed by atoms with Crippen LogP contribution in [0.3, 0.4) is 0 Å². The van der Waals surface area contributed by atoms with Crippen LogP contribution in [0, 0.1) is 13.8 Å². The van der Waals surface area contributed by atoms with Gasteiger partial charge in [-0.15, -0.1) is 0 Å². The second-order valence-electron chi connectivity index (χ2n) is 4.90. The van der Waals surface area contributed by atoms with Crippen molar-refractivity contribution in [1.29, 1.82) is 0 Å². The highest BCUT2D eigenvalue weighted by molar-refractivity contribution is 9.10. The van der Waals surface area contributed by atoms with Crippen molar-refractivity contribution in [3.63, 3.8) is 0 Å². The molecule has 0 aliphatic carbocycles. The van der Waals surface area contributed by atoms with E-state index in [0.29, 0.717) is 6.54 Å². The summed E-state index contributed by atoms with van der Waals surface area (Å²) in [7, 11) is 3.72. The maximum absolute atomic E-state index is 5.63. The molecule has 5 heteroatoms. The molecule has 0 aliphatic rings. The number of halogens is 1. The van der Waals surface area contributed by atoms with Crippen molar-refractivity contribution in [2.45, 2.75) is 20.3 Å². The molecule has 0 saturated heterocycles. The molecule has 2 rings (SSSR count). The minimum absolute atomic E-state index is 0.595. The Hall–Kier alpha value is -1.33. The summed E-state index contributed by atoms with van der Waals surface area (Å²) in [6, 6.07) is 4.20. The smallest absolute Gasteiger partial charge is 0.132 e. The molecule has 0 aliphatic heterocycles. The van der Waals surface area contributed by atoms with Crippen molar-refractivity contribution in [3.05, 3.63) is 33.7 Å². The van der Waals surface area contributed by atoms with Gasteiger partial charge in [-0.05, 0) is 59.6 Å². The summed E-state index contributed by atoms with van der Waals surface area (Å²) in [6.07, 6.45) is 0.767. The maximum Gasteiger partial charge on any atom is 0.132 e. The number of aryl methyl sites for hydroxylation is 2. The van der Waals surface area contributed by atoms with E-state index in [1.807, 2.05) is 14.0 Å². The number of benzene rings is 1. The van der Waals surface area contributed by atoms with Crippen LogP contribution in [0.15, 0.2) is 16.7 Å². The minimum Gasteiger partial charge on any atom is -0.496 e. The number of rotatable bonds is 4. The first-order valence-electron chi connectivity index (χ1n) is 6.56. The van der Waals surface area contributed by atoms with Crippen LogP contribution in [0.1, 0.15) is 17.0 Å². The van der Waals surface area contributed by atoms with E-state index in [4.69, 9.17) is 10.5 Å². The van der Waals surface area contributed by atoms with Crippen LogP contribution in [0.5, 0.6) is 5.75 Å². The zero-order chi connectivity index (χ0) is 14.9. The molecular weight excluding hydrogens is 318 g/mol. The number of hydrogen-bond donors (Lipinski definition) is 1. The summed E-state index contributed by atoms with van der Waals surface area (Å²) >= 11 is 3.56. The van der Waals surface area contributed by atoms with Crippen LogP contribution in [-0.2, 0) is 13.5 Å². The summed E-state index contributed by atoms with van der Waals surface area (Å²) in [4.78, 5) is 4.56. The minimum atomic E-state index is 0.595. The Labute approximate surface area is 128 Å². The first-order chi connectivity index (χ1) is 9.49. The lowest BCUT2D eigenvalue weighted by Gasteiger charge is -2.13. The van der Waals surface area contributed by atoms with Crippen LogP contribution in [0.4, 0.5) is 0 Å². The van der Waals surface area contributed by atoms with E-state index in [-0.39, 0.29) is 0 Å². The van der Waals surface area contributed by atoms with Gasteiger partial charge >= 0.3 is 0 Å². The molecule has 0 bridgehead atoms. The molecule has 0 amide bonds. The lowest BCUT2D eigenvalue weighted by Crippen LogP contribution is -2.08. The molecule has 0 fully saturated rings. The van der Waals surface area contributed by atoms with Crippen LogP contribution >= 0.6 is 15.9 Å². The topological polar surface area (TPSA) is 53.1 Å². The molecule has 2 aromatic rings. The molecule has 4 nitrogen and oxygen atoms in total. The van der Waals surface area contributed by atoms with Gasteiger partial charge < -0.3 is 15.0 Å². The summed E-state index contributed by atoms with van der Waals surface area (Å²) in [6.45, 7) is 4.73. The molecule has 0 saturated carbocycles. The Morgan fingerprint density at radius 2 is 2.00 bits per heavy atom. The Bertz CT molecular complexity index is 635. The van der Waals surface area contributed by atoms with E-state index < -0.39 is 0 Å². The fourth-order valence-corrected chi connectivity index (χ4v) is 3.10. The van der Waals surface area contributed by atoms with Crippen LogP contribution in [-0.4, -0.2) is 23.2 Å². The number of ether oxygens (including phenoxy) is 1. The molecule has 2 N–H and O–H groups in total. The largest absolute Gasteiger partial charge is 0.496 e. The van der Waals surface area contributed by atoms with Crippen LogP contribution < -0.4 is 10.5 Å². The highest BCUT2D eigenvalue weighted by Crippen LogP contribution is 2.34. The summed E-state index contributed by atoms with van der Waals surface area (Å²) in [5.41, 5.74) is 10.2. The van der Waals surface area contributed by atoms with Crippen molar-refractivity contribution < 1.29 is 4.74 Å². The Morgan fingerprint density at radius 1 is 1.30 bits per heavy atom. The number of hydrogen-bond acceptors (Lipinski definition) is 3. The zero-order valence-corrected chi connectivity index (χ0v) is 13.9. The average Bonchev–Trinajstić information content (AvgIpc) is 2.68. The summed E-state index contributed by atoms with van der Waals surface area (Å²) in [5.74, 6) is 1.90. The first-order valence-corrected chi connectivity index (χ1v) is 7.35. The van der Waals surface area contributed by atoms with Gasteiger partial charge in [-0.3, -0.25) is 0 Å². The van der Waals surface area contributed by atoms with Gasteiger partial charge in [-0.2, -0.15) is 0 Å². The number of methoxy groups -OCH3 is 1. The highest BCUT2D eigenvalue weighted by atomic mass is 79.9. The molecule has 0 atom stereocenters. The summed E-state index contributed by atoms with van der Waals surface area (Å²) in [5, 5.41) is 0. The van der Waals surface area contributed by atoms with Gasteiger partial charge in [0.1, 0.15) is 16.2 Å². The monoisotopic (exact) mass is 337 g/mol. The number of aromatic nitrogens is 2. The van der Waals surface area contributed by atoms with Gasteiger partial charge in [0.2, 0.25) is 0 Å². The normalized spacial score (nSPS) is 10.9. The zero-order valence-electron chi connectivity index (χ0n) is 12.3. The van der Waals surface area contributed by atoms with E-state index in [2.05, 4.69) is 44.5 Å². The maximum atomic E-state index is 5.63. The molecule has 0 unspecified atom stereocenters. The molecular formula is C15H20BrN3O. The molecule has 1 aromatic carbocycles. The molecule has 1 heterocycles. The second kappa shape index (κ2) is 5.97. The quantitative estimate of drug-likeness (QED) is 0.932. The number of nitrogens with two attached hydrogens (primary N) is 1. The first kappa shape index (κ1) is 15.1. The van der Waals surface area contributed by atoms with E-state index in [9.17, 15) is 0 Å². The molecule has 0 spiro atoms. The van der Waals surface area contributed by atoms with Gasteiger partial charge in [-0.1, -0.05) is 0 Å². The Balaban J connectivity index is 2.60. The number of imidazole rings is 1. The second-order valence-corrected chi connectivity index (χ2v) is 5.65. The van der Waals surface area contributed by atoms with E-state index in [1.54, 1.807) is 7.11 Å². The van der Waals surface area contributed by atoms with Crippen LogP contribution in [0.25, 0.3) is 11.3 Å². The third-order valence-corrected chi connectivity index (χ3v) is 4.06. The third kappa shape index (κ3) is 2.60. The fourth-order valence-electron chi connectivity index (χ4n) is 2.42. The van der Waals surface area contributed by atoms with E-state index in [1.165, 1.54) is 0 Å². The predicted molar refractivity (Wildman–Crippen MR) is 85.1 cm³/mol. The van der Waals surface area contributed by atoms with Crippen molar-refractivity contribution >= 4 is 15.9 Å². The van der Waals surface area contributed by atoms with Gasteiger partial charge in [0.15, 0.2) is 0 Å². The average molecular weight is 338 g/mol. The van der Waals surface area contributed by atoms with Crippen molar-refractivity contribution in [2.75, 3.05) is 13.7 Å². The third-order valence-electron chi connectivity index (χ3n) is 3.51. The highest BCUT2D eigenvalue weighted by Gasteiger charge is 2.17. The molecule has 1 aromatic heterocycles. The van der Waals surface area contributed by atoms with Gasteiger partial charge in [0.25, 0.3) is 0 Å².